The summed E-state index contributed by atoms with van der Waals surface area (Å²) >= 11 is 3.33. The SMILES string of the molecule is Cc1noc(C)c1CNc1ncnc(N)c1Br. The van der Waals surface area contributed by atoms with E-state index >= 15 is 0 Å². The molecule has 0 aliphatic rings. The van der Waals surface area contributed by atoms with Gasteiger partial charge in [0, 0.05) is 12.1 Å². The summed E-state index contributed by atoms with van der Waals surface area (Å²) < 4.78 is 5.74. The average molecular weight is 298 g/mol. The number of anilines is 2. The Bertz CT molecular complexity index is 520. The highest BCUT2D eigenvalue weighted by molar-refractivity contribution is 9.10. The minimum absolute atomic E-state index is 0.404. The van der Waals surface area contributed by atoms with Crippen molar-refractivity contribution in [3.8, 4) is 0 Å². The lowest BCUT2D eigenvalue weighted by Gasteiger charge is -2.07. The molecular formula is C10H12BrN5O. The van der Waals surface area contributed by atoms with Gasteiger partial charge in [0.05, 0.1) is 5.69 Å². The van der Waals surface area contributed by atoms with Crippen LogP contribution in [0.4, 0.5) is 11.6 Å². The van der Waals surface area contributed by atoms with Crippen molar-refractivity contribution < 1.29 is 4.52 Å². The molecule has 0 unspecified atom stereocenters. The summed E-state index contributed by atoms with van der Waals surface area (Å²) in [6.45, 7) is 4.35. The molecule has 2 rings (SSSR count). The zero-order valence-corrected chi connectivity index (χ0v) is 11.1. The van der Waals surface area contributed by atoms with Crippen molar-refractivity contribution in [3.05, 3.63) is 27.8 Å². The first-order valence-electron chi connectivity index (χ1n) is 5.01. The lowest BCUT2D eigenvalue weighted by Crippen LogP contribution is -2.05. The molecule has 2 aromatic rings. The molecular weight excluding hydrogens is 286 g/mol. The van der Waals surface area contributed by atoms with Gasteiger partial charge >= 0.3 is 0 Å². The Balaban J connectivity index is 2.15. The number of aryl methyl sites for hydroxylation is 2. The highest BCUT2D eigenvalue weighted by atomic mass is 79.9. The van der Waals surface area contributed by atoms with Crippen LogP contribution >= 0.6 is 15.9 Å². The maximum Gasteiger partial charge on any atom is 0.146 e. The molecule has 90 valence electrons. The van der Waals surface area contributed by atoms with Crippen LogP contribution in [0.2, 0.25) is 0 Å². The Morgan fingerprint density at radius 1 is 1.41 bits per heavy atom. The zero-order chi connectivity index (χ0) is 12.4. The Hall–Kier alpha value is -1.63. The van der Waals surface area contributed by atoms with Crippen LogP contribution in [0.5, 0.6) is 0 Å². The van der Waals surface area contributed by atoms with Gasteiger partial charge in [-0.25, -0.2) is 9.97 Å². The molecule has 0 aliphatic heterocycles. The van der Waals surface area contributed by atoms with Crippen LogP contribution in [0.3, 0.4) is 0 Å². The summed E-state index contributed by atoms with van der Waals surface area (Å²) in [5.41, 5.74) is 7.55. The molecule has 0 saturated heterocycles. The van der Waals surface area contributed by atoms with Gasteiger partial charge in [-0.05, 0) is 29.8 Å². The van der Waals surface area contributed by atoms with Gasteiger partial charge in [0.2, 0.25) is 0 Å². The molecule has 0 atom stereocenters. The van der Waals surface area contributed by atoms with Gasteiger partial charge in [0.15, 0.2) is 0 Å². The molecule has 7 heteroatoms. The molecule has 17 heavy (non-hydrogen) atoms. The Kier molecular flexibility index (Phi) is 3.28. The van der Waals surface area contributed by atoms with Crippen molar-refractivity contribution in [1.29, 1.82) is 0 Å². The maximum atomic E-state index is 5.66. The topological polar surface area (TPSA) is 89.9 Å². The number of hydrogen-bond acceptors (Lipinski definition) is 6. The van der Waals surface area contributed by atoms with Crippen LogP contribution in [0.1, 0.15) is 17.0 Å². The molecule has 0 aromatic carbocycles. The number of nitrogens with zero attached hydrogens (tertiary/aromatic N) is 3. The second-order valence-electron chi connectivity index (χ2n) is 3.58. The first-order chi connectivity index (χ1) is 8.09. The number of nitrogens with two attached hydrogens (primary N) is 1. The van der Waals surface area contributed by atoms with Crippen molar-refractivity contribution in [2.24, 2.45) is 0 Å². The van der Waals surface area contributed by atoms with Crippen LogP contribution in [0.15, 0.2) is 15.3 Å². The van der Waals surface area contributed by atoms with E-state index in [1.807, 2.05) is 13.8 Å². The number of halogens is 1. The monoisotopic (exact) mass is 297 g/mol. The summed E-state index contributed by atoms with van der Waals surface area (Å²) in [6, 6.07) is 0. The summed E-state index contributed by atoms with van der Waals surface area (Å²) in [4.78, 5) is 7.97. The van der Waals surface area contributed by atoms with Crippen LogP contribution in [0, 0.1) is 13.8 Å². The molecule has 0 spiro atoms. The number of rotatable bonds is 3. The first-order valence-corrected chi connectivity index (χ1v) is 5.80. The summed E-state index contributed by atoms with van der Waals surface area (Å²) in [5, 5.41) is 7.04. The molecule has 0 radical (unpaired) electrons. The fourth-order valence-electron chi connectivity index (χ4n) is 1.43. The molecule has 2 aromatic heterocycles. The van der Waals surface area contributed by atoms with Crippen LogP contribution in [-0.4, -0.2) is 15.1 Å². The Morgan fingerprint density at radius 2 is 2.18 bits per heavy atom. The Morgan fingerprint density at radius 3 is 2.82 bits per heavy atom. The lowest BCUT2D eigenvalue weighted by atomic mass is 10.2. The van der Waals surface area contributed by atoms with E-state index in [4.69, 9.17) is 10.3 Å². The van der Waals surface area contributed by atoms with Crippen molar-refractivity contribution in [2.75, 3.05) is 11.1 Å². The second-order valence-corrected chi connectivity index (χ2v) is 4.37. The van der Waals surface area contributed by atoms with Crippen LogP contribution in [-0.2, 0) is 6.54 Å². The summed E-state index contributed by atoms with van der Waals surface area (Å²) in [5.74, 6) is 1.85. The largest absolute Gasteiger partial charge is 0.383 e. The highest BCUT2D eigenvalue weighted by Gasteiger charge is 2.10. The Labute approximate surface area is 107 Å². The average Bonchev–Trinajstić information content (AvgIpc) is 2.62. The van der Waals surface area contributed by atoms with Gasteiger partial charge in [0.25, 0.3) is 0 Å². The molecule has 0 bridgehead atoms. The number of nitrogen functional groups attached to an aromatic ring is 1. The molecule has 0 amide bonds. The molecule has 0 fully saturated rings. The number of aromatic nitrogens is 3. The van der Waals surface area contributed by atoms with Gasteiger partial charge in [-0.15, -0.1) is 0 Å². The lowest BCUT2D eigenvalue weighted by molar-refractivity contribution is 0.392. The van der Waals surface area contributed by atoms with Gasteiger partial charge in [-0.1, -0.05) is 5.16 Å². The zero-order valence-electron chi connectivity index (χ0n) is 9.49. The third-order valence-electron chi connectivity index (χ3n) is 2.43. The van der Waals surface area contributed by atoms with Gasteiger partial charge < -0.3 is 15.6 Å². The normalized spacial score (nSPS) is 10.5. The fourth-order valence-corrected chi connectivity index (χ4v) is 1.78. The van der Waals surface area contributed by atoms with Crippen molar-refractivity contribution in [1.82, 2.24) is 15.1 Å². The van der Waals surface area contributed by atoms with Gasteiger partial charge in [-0.3, -0.25) is 0 Å². The first kappa shape index (κ1) is 11.8. The van der Waals surface area contributed by atoms with E-state index in [0.29, 0.717) is 22.7 Å². The van der Waals surface area contributed by atoms with Crippen molar-refractivity contribution >= 4 is 27.6 Å². The van der Waals surface area contributed by atoms with E-state index in [2.05, 4.69) is 36.4 Å². The third kappa shape index (κ3) is 2.38. The van der Waals surface area contributed by atoms with E-state index in [1.54, 1.807) is 0 Å². The van der Waals surface area contributed by atoms with Gasteiger partial charge in [0.1, 0.15) is 28.2 Å². The van der Waals surface area contributed by atoms with E-state index in [1.165, 1.54) is 6.33 Å². The van der Waals surface area contributed by atoms with Crippen molar-refractivity contribution in [2.45, 2.75) is 20.4 Å². The second kappa shape index (κ2) is 4.70. The summed E-state index contributed by atoms with van der Waals surface area (Å²) in [7, 11) is 0. The predicted molar refractivity (Wildman–Crippen MR) is 67.4 cm³/mol. The smallest absolute Gasteiger partial charge is 0.146 e. The number of hydrogen-bond donors (Lipinski definition) is 2. The van der Waals surface area contributed by atoms with E-state index < -0.39 is 0 Å². The molecule has 2 heterocycles. The van der Waals surface area contributed by atoms with E-state index in [-0.39, 0.29) is 0 Å². The molecule has 6 nitrogen and oxygen atoms in total. The van der Waals surface area contributed by atoms with Gasteiger partial charge in [-0.2, -0.15) is 0 Å². The minimum atomic E-state index is 0.404. The van der Waals surface area contributed by atoms with Crippen LogP contribution < -0.4 is 11.1 Å². The standard InChI is InChI=1S/C10H12BrN5O/c1-5-7(6(2)17-16-5)3-13-10-8(11)9(12)14-4-15-10/h4H,3H2,1-2H3,(H3,12,13,14,15). The van der Waals surface area contributed by atoms with Crippen LogP contribution in [0.25, 0.3) is 0 Å². The van der Waals surface area contributed by atoms with Crippen molar-refractivity contribution in [3.63, 3.8) is 0 Å². The van der Waals surface area contributed by atoms with E-state index in [0.717, 1.165) is 17.0 Å². The maximum absolute atomic E-state index is 5.66. The molecule has 3 N–H and O–H groups in total. The van der Waals surface area contributed by atoms with E-state index in [9.17, 15) is 0 Å². The number of nitrogens with one attached hydrogen (secondary N) is 1. The molecule has 0 aliphatic carbocycles. The molecule has 0 saturated carbocycles. The quantitative estimate of drug-likeness (QED) is 0.901. The highest BCUT2D eigenvalue weighted by Crippen LogP contribution is 2.25. The fraction of sp³-hybridized carbons (Fsp3) is 0.300. The third-order valence-corrected chi connectivity index (χ3v) is 3.21. The minimum Gasteiger partial charge on any atom is -0.383 e. The predicted octanol–water partition coefficient (Wildman–Crippen LogP) is 2.04. The summed E-state index contributed by atoms with van der Waals surface area (Å²) in [6.07, 6.45) is 1.41.